The fraction of sp³-hybridized carbons (Fsp3) is 0.273. The van der Waals surface area contributed by atoms with E-state index in [0.29, 0.717) is 4.88 Å². The number of thiophene rings is 1. The van der Waals surface area contributed by atoms with Gasteiger partial charge in [-0.15, -0.1) is 11.3 Å². The molecule has 0 amide bonds. The Kier molecular flexibility index (Phi) is 3.26. The molecule has 2 aromatic rings. The number of hydrogen-bond donors (Lipinski definition) is 1. The molecule has 0 aliphatic rings. The second kappa shape index (κ2) is 4.68. The molecule has 5 nitrogen and oxygen atoms in total. The molecule has 2 heterocycles. The van der Waals surface area contributed by atoms with Crippen molar-refractivity contribution in [3.05, 3.63) is 34.5 Å². The zero-order valence-corrected chi connectivity index (χ0v) is 10.4. The summed E-state index contributed by atoms with van der Waals surface area (Å²) in [6, 6.07) is 1.70. The van der Waals surface area contributed by atoms with E-state index in [4.69, 9.17) is 10.5 Å². The average Bonchev–Trinajstić information content (AvgIpc) is 2.95. The van der Waals surface area contributed by atoms with Crippen LogP contribution in [0.15, 0.2) is 24.0 Å². The predicted octanol–water partition coefficient (Wildman–Crippen LogP) is 1.74. The van der Waals surface area contributed by atoms with E-state index in [1.165, 1.54) is 18.4 Å². The van der Waals surface area contributed by atoms with E-state index in [2.05, 4.69) is 4.98 Å². The van der Waals surface area contributed by atoms with Crippen LogP contribution in [0.25, 0.3) is 5.69 Å². The van der Waals surface area contributed by atoms with Crippen LogP contribution in [0.2, 0.25) is 0 Å². The largest absolute Gasteiger partial charge is 0.465 e. The van der Waals surface area contributed by atoms with Gasteiger partial charge in [0.2, 0.25) is 0 Å². The van der Waals surface area contributed by atoms with Gasteiger partial charge in [-0.1, -0.05) is 0 Å². The minimum Gasteiger partial charge on any atom is -0.465 e. The molecule has 0 spiro atoms. The normalized spacial score (nSPS) is 12.4. The maximum atomic E-state index is 11.6. The van der Waals surface area contributed by atoms with Gasteiger partial charge >= 0.3 is 5.97 Å². The highest BCUT2D eigenvalue weighted by Crippen LogP contribution is 2.24. The summed E-state index contributed by atoms with van der Waals surface area (Å²) in [7, 11) is 1.37. The SMILES string of the molecule is COC(=O)c1sccc1-n1cncc1[C@@H](C)N. The fourth-order valence-electron chi connectivity index (χ4n) is 1.58. The van der Waals surface area contributed by atoms with Crippen molar-refractivity contribution in [2.45, 2.75) is 13.0 Å². The van der Waals surface area contributed by atoms with E-state index < -0.39 is 0 Å². The van der Waals surface area contributed by atoms with Crippen LogP contribution < -0.4 is 5.73 Å². The number of carbonyl (C=O) groups excluding carboxylic acids is 1. The predicted molar refractivity (Wildman–Crippen MR) is 65.4 cm³/mol. The van der Waals surface area contributed by atoms with Gasteiger partial charge in [-0.3, -0.25) is 4.57 Å². The van der Waals surface area contributed by atoms with Crippen molar-refractivity contribution in [3.8, 4) is 5.69 Å². The number of rotatable bonds is 3. The molecule has 6 heteroatoms. The zero-order valence-electron chi connectivity index (χ0n) is 9.58. The number of ether oxygens (including phenoxy) is 1. The van der Waals surface area contributed by atoms with Gasteiger partial charge in [0.05, 0.1) is 31.0 Å². The topological polar surface area (TPSA) is 70.1 Å². The molecular formula is C11H13N3O2S. The molecule has 0 aromatic carbocycles. The number of nitrogens with zero attached hydrogens (tertiary/aromatic N) is 2. The van der Waals surface area contributed by atoms with E-state index >= 15 is 0 Å². The van der Waals surface area contributed by atoms with E-state index in [-0.39, 0.29) is 12.0 Å². The summed E-state index contributed by atoms with van der Waals surface area (Å²) in [5, 5.41) is 1.84. The van der Waals surface area contributed by atoms with Crippen molar-refractivity contribution in [2.75, 3.05) is 7.11 Å². The molecule has 0 aliphatic carbocycles. The Morgan fingerprint density at radius 3 is 3.06 bits per heavy atom. The highest BCUT2D eigenvalue weighted by molar-refractivity contribution is 7.12. The van der Waals surface area contributed by atoms with Crippen LogP contribution in [0.1, 0.15) is 28.3 Å². The summed E-state index contributed by atoms with van der Waals surface area (Å²) in [5.41, 5.74) is 7.46. The Hall–Kier alpha value is -1.66. The molecule has 0 radical (unpaired) electrons. The van der Waals surface area contributed by atoms with Crippen LogP contribution >= 0.6 is 11.3 Å². The highest BCUT2D eigenvalue weighted by atomic mass is 32.1. The third-order valence-corrected chi connectivity index (χ3v) is 3.29. The first-order chi connectivity index (χ1) is 8.15. The zero-order chi connectivity index (χ0) is 12.4. The van der Waals surface area contributed by atoms with Crippen molar-refractivity contribution in [1.29, 1.82) is 0 Å². The summed E-state index contributed by atoms with van der Waals surface area (Å²) in [6.07, 6.45) is 3.34. The van der Waals surface area contributed by atoms with Crippen LogP contribution in [-0.2, 0) is 4.74 Å². The average molecular weight is 251 g/mol. The first-order valence-corrected chi connectivity index (χ1v) is 5.97. The number of esters is 1. The van der Waals surface area contributed by atoms with Crippen LogP contribution in [0.4, 0.5) is 0 Å². The number of hydrogen-bond acceptors (Lipinski definition) is 5. The lowest BCUT2D eigenvalue weighted by Crippen LogP contribution is -2.12. The maximum Gasteiger partial charge on any atom is 0.350 e. The smallest absolute Gasteiger partial charge is 0.350 e. The van der Waals surface area contributed by atoms with E-state index in [1.54, 1.807) is 12.5 Å². The molecule has 0 saturated carbocycles. The number of carbonyl (C=O) groups is 1. The number of nitrogens with two attached hydrogens (primary N) is 1. The molecule has 2 N–H and O–H groups in total. The lowest BCUT2D eigenvalue weighted by molar-refractivity contribution is 0.0606. The Labute approximate surface area is 103 Å². The second-order valence-electron chi connectivity index (χ2n) is 3.60. The van der Waals surface area contributed by atoms with Crippen LogP contribution in [-0.4, -0.2) is 22.6 Å². The lowest BCUT2D eigenvalue weighted by Gasteiger charge is -2.10. The molecule has 1 atom stereocenters. The quantitative estimate of drug-likeness (QED) is 0.843. The summed E-state index contributed by atoms with van der Waals surface area (Å²) in [4.78, 5) is 16.2. The van der Waals surface area contributed by atoms with Crippen molar-refractivity contribution in [2.24, 2.45) is 5.73 Å². The fourth-order valence-corrected chi connectivity index (χ4v) is 2.38. The van der Waals surface area contributed by atoms with Gasteiger partial charge in [-0.25, -0.2) is 9.78 Å². The first kappa shape index (κ1) is 11.8. The summed E-state index contributed by atoms with van der Waals surface area (Å²) < 4.78 is 6.55. The van der Waals surface area contributed by atoms with Gasteiger partial charge in [-0.2, -0.15) is 0 Å². The number of aromatic nitrogens is 2. The van der Waals surface area contributed by atoms with E-state index in [9.17, 15) is 4.79 Å². The molecular weight excluding hydrogens is 238 g/mol. The summed E-state index contributed by atoms with van der Waals surface area (Å²) in [6.45, 7) is 1.87. The highest BCUT2D eigenvalue weighted by Gasteiger charge is 2.17. The van der Waals surface area contributed by atoms with Crippen LogP contribution in [0.5, 0.6) is 0 Å². The molecule has 2 aromatic heterocycles. The van der Waals surface area contributed by atoms with Gasteiger partial charge in [-0.05, 0) is 18.4 Å². The summed E-state index contributed by atoms with van der Waals surface area (Å²) in [5.74, 6) is -0.348. The Bertz CT molecular complexity index is 530. The van der Waals surface area contributed by atoms with Crippen LogP contribution in [0.3, 0.4) is 0 Å². The molecule has 90 valence electrons. The van der Waals surface area contributed by atoms with Crippen LogP contribution in [0, 0.1) is 0 Å². The Morgan fingerprint density at radius 1 is 1.65 bits per heavy atom. The molecule has 0 aliphatic heterocycles. The van der Waals surface area contributed by atoms with Gasteiger partial charge in [0.15, 0.2) is 0 Å². The molecule has 0 unspecified atom stereocenters. The van der Waals surface area contributed by atoms with Crippen molar-refractivity contribution in [3.63, 3.8) is 0 Å². The first-order valence-electron chi connectivity index (χ1n) is 5.09. The monoisotopic (exact) mass is 251 g/mol. The minimum absolute atomic E-state index is 0.150. The molecule has 0 fully saturated rings. The third-order valence-electron chi connectivity index (χ3n) is 2.41. The number of imidazole rings is 1. The standard InChI is InChI=1S/C11H13N3O2S/c1-7(12)9-5-13-6-14(9)8-3-4-17-10(8)11(15)16-2/h3-7H,12H2,1-2H3/t7-/m1/s1. The van der Waals surface area contributed by atoms with Crippen molar-refractivity contribution < 1.29 is 9.53 Å². The van der Waals surface area contributed by atoms with Gasteiger partial charge < -0.3 is 10.5 Å². The Morgan fingerprint density at radius 2 is 2.41 bits per heavy atom. The second-order valence-corrected chi connectivity index (χ2v) is 4.52. The minimum atomic E-state index is -0.348. The molecule has 2 rings (SSSR count). The summed E-state index contributed by atoms with van der Waals surface area (Å²) >= 11 is 1.34. The van der Waals surface area contributed by atoms with Gasteiger partial charge in [0.25, 0.3) is 0 Å². The number of methoxy groups -OCH3 is 1. The molecule has 0 saturated heterocycles. The van der Waals surface area contributed by atoms with Crippen molar-refractivity contribution >= 4 is 17.3 Å². The van der Waals surface area contributed by atoms with Gasteiger partial charge in [0.1, 0.15) is 4.88 Å². The molecule has 17 heavy (non-hydrogen) atoms. The van der Waals surface area contributed by atoms with E-state index in [1.807, 2.05) is 22.9 Å². The van der Waals surface area contributed by atoms with Gasteiger partial charge in [0, 0.05) is 6.04 Å². The van der Waals surface area contributed by atoms with E-state index in [0.717, 1.165) is 11.4 Å². The third kappa shape index (κ3) is 2.09. The van der Waals surface area contributed by atoms with Crippen molar-refractivity contribution in [1.82, 2.24) is 9.55 Å². The maximum absolute atomic E-state index is 11.6. The Balaban J connectivity index is 2.50. The lowest BCUT2D eigenvalue weighted by atomic mass is 10.2. The molecule has 0 bridgehead atoms.